The number of primary amides is 1. The number of benzene rings is 1. The molecule has 0 aliphatic carbocycles. The van der Waals surface area contributed by atoms with Crippen LogP contribution in [0.25, 0.3) is 0 Å². The molecule has 1 heterocycles. The van der Waals surface area contributed by atoms with Crippen molar-refractivity contribution in [2.24, 2.45) is 11.5 Å². The quantitative estimate of drug-likeness (QED) is 0.834. The summed E-state index contributed by atoms with van der Waals surface area (Å²) in [6.45, 7) is 9.19. The maximum Gasteiger partial charge on any atom is 0.234 e. The van der Waals surface area contributed by atoms with Crippen LogP contribution in [0.15, 0.2) is 18.2 Å². The molecule has 5 nitrogen and oxygen atoms in total. The predicted octanol–water partition coefficient (Wildman–Crippen LogP) is 0.628. The van der Waals surface area contributed by atoms with E-state index in [-0.39, 0.29) is 0 Å². The van der Waals surface area contributed by atoms with Crippen LogP contribution in [0.3, 0.4) is 0 Å². The Morgan fingerprint density at radius 3 is 2.52 bits per heavy atom. The van der Waals surface area contributed by atoms with Gasteiger partial charge in [-0.25, -0.2) is 0 Å². The van der Waals surface area contributed by atoms with E-state index in [0.717, 1.165) is 32.7 Å². The zero-order valence-corrected chi connectivity index (χ0v) is 13.0. The van der Waals surface area contributed by atoms with Crippen LogP contribution in [-0.2, 0) is 4.79 Å². The van der Waals surface area contributed by atoms with Crippen molar-refractivity contribution in [2.75, 3.05) is 37.6 Å². The van der Waals surface area contributed by atoms with E-state index < -0.39 is 11.9 Å². The van der Waals surface area contributed by atoms with Gasteiger partial charge >= 0.3 is 0 Å². The highest BCUT2D eigenvalue weighted by atomic mass is 16.1. The highest BCUT2D eigenvalue weighted by molar-refractivity contribution is 5.79. The lowest BCUT2D eigenvalue weighted by Gasteiger charge is -2.37. The summed E-state index contributed by atoms with van der Waals surface area (Å²) >= 11 is 0. The third kappa shape index (κ3) is 3.95. The largest absolute Gasteiger partial charge is 0.369 e. The van der Waals surface area contributed by atoms with E-state index in [9.17, 15) is 4.79 Å². The molecule has 1 amide bonds. The monoisotopic (exact) mass is 290 g/mol. The molecule has 1 unspecified atom stereocenters. The number of hydrogen-bond acceptors (Lipinski definition) is 4. The lowest BCUT2D eigenvalue weighted by molar-refractivity contribution is -0.119. The van der Waals surface area contributed by atoms with Crippen LogP contribution in [0.1, 0.15) is 17.5 Å². The van der Waals surface area contributed by atoms with E-state index in [1.54, 1.807) is 0 Å². The minimum absolute atomic E-state index is 0.413. The Labute approximate surface area is 126 Å². The minimum atomic E-state index is -0.526. The number of piperazine rings is 1. The molecule has 0 saturated carbocycles. The Balaban J connectivity index is 1.86. The van der Waals surface area contributed by atoms with Gasteiger partial charge in [-0.3, -0.25) is 9.69 Å². The van der Waals surface area contributed by atoms with E-state index in [2.05, 4.69) is 41.8 Å². The van der Waals surface area contributed by atoms with E-state index >= 15 is 0 Å². The molecule has 4 N–H and O–H groups in total. The fourth-order valence-electron chi connectivity index (χ4n) is 2.75. The summed E-state index contributed by atoms with van der Waals surface area (Å²) in [5.41, 5.74) is 14.9. The maximum absolute atomic E-state index is 10.9. The molecule has 1 aliphatic heterocycles. The highest BCUT2D eigenvalue weighted by Gasteiger charge is 2.19. The number of carbonyl (C=O) groups is 1. The van der Waals surface area contributed by atoms with Crippen LogP contribution in [0.4, 0.5) is 5.69 Å². The van der Waals surface area contributed by atoms with Gasteiger partial charge in [0.25, 0.3) is 0 Å². The average Bonchev–Trinajstić information content (AvgIpc) is 2.48. The van der Waals surface area contributed by atoms with Gasteiger partial charge in [-0.05, 0) is 37.5 Å². The molecule has 21 heavy (non-hydrogen) atoms. The molecular weight excluding hydrogens is 264 g/mol. The Kier molecular flexibility index (Phi) is 5.20. The van der Waals surface area contributed by atoms with Gasteiger partial charge in [0.2, 0.25) is 5.91 Å². The number of nitrogens with two attached hydrogens (primary N) is 2. The zero-order valence-electron chi connectivity index (χ0n) is 13.0. The summed E-state index contributed by atoms with van der Waals surface area (Å²) in [6, 6.07) is 5.94. The first-order valence-electron chi connectivity index (χ1n) is 7.57. The van der Waals surface area contributed by atoms with Gasteiger partial charge in [-0.2, -0.15) is 0 Å². The maximum atomic E-state index is 10.9. The number of aryl methyl sites for hydroxylation is 1. The molecule has 1 aromatic rings. The molecule has 2 rings (SSSR count). The molecule has 0 spiro atoms. The van der Waals surface area contributed by atoms with Crippen molar-refractivity contribution in [1.29, 1.82) is 0 Å². The van der Waals surface area contributed by atoms with Gasteiger partial charge in [0.15, 0.2) is 0 Å². The summed E-state index contributed by atoms with van der Waals surface area (Å²) in [5, 5.41) is 0. The van der Waals surface area contributed by atoms with Gasteiger partial charge in [0.1, 0.15) is 0 Å². The number of nitrogens with zero attached hydrogens (tertiary/aromatic N) is 2. The number of anilines is 1. The molecule has 1 atom stereocenters. The average molecular weight is 290 g/mol. The van der Waals surface area contributed by atoms with Crippen LogP contribution < -0.4 is 16.4 Å². The molecule has 0 radical (unpaired) electrons. The molecule has 116 valence electrons. The fraction of sp³-hybridized carbons (Fsp3) is 0.562. The van der Waals surface area contributed by atoms with Crippen molar-refractivity contribution in [2.45, 2.75) is 26.3 Å². The first kappa shape index (κ1) is 15.8. The van der Waals surface area contributed by atoms with E-state index in [1.807, 2.05) is 0 Å². The summed E-state index contributed by atoms with van der Waals surface area (Å²) in [6.07, 6.45) is 0.638. The SMILES string of the molecule is Cc1cccc(N2CCN(CCC(N)C(N)=O)CC2)c1C. The summed E-state index contributed by atoms with van der Waals surface area (Å²) in [4.78, 5) is 15.7. The Morgan fingerprint density at radius 2 is 1.90 bits per heavy atom. The first-order valence-corrected chi connectivity index (χ1v) is 7.57. The van der Waals surface area contributed by atoms with Crippen molar-refractivity contribution in [3.8, 4) is 0 Å². The minimum Gasteiger partial charge on any atom is -0.369 e. The van der Waals surface area contributed by atoms with Gasteiger partial charge < -0.3 is 16.4 Å². The van der Waals surface area contributed by atoms with E-state index in [4.69, 9.17) is 11.5 Å². The predicted molar refractivity (Wildman–Crippen MR) is 86.4 cm³/mol. The molecule has 1 saturated heterocycles. The number of amides is 1. The van der Waals surface area contributed by atoms with Crippen LogP contribution in [0.2, 0.25) is 0 Å². The van der Waals surface area contributed by atoms with Gasteiger partial charge in [0, 0.05) is 38.4 Å². The highest BCUT2D eigenvalue weighted by Crippen LogP contribution is 2.23. The lowest BCUT2D eigenvalue weighted by atomic mass is 10.1. The molecule has 1 aromatic carbocycles. The smallest absolute Gasteiger partial charge is 0.234 e. The summed E-state index contributed by atoms with van der Waals surface area (Å²) in [5.74, 6) is -0.413. The van der Waals surface area contributed by atoms with Crippen molar-refractivity contribution in [3.05, 3.63) is 29.3 Å². The second-order valence-electron chi connectivity index (χ2n) is 5.85. The van der Waals surface area contributed by atoms with Gasteiger partial charge in [-0.15, -0.1) is 0 Å². The van der Waals surface area contributed by atoms with E-state index in [1.165, 1.54) is 16.8 Å². The van der Waals surface area contributed by atoms with Crippen molar-refractivity contribution < 1.29 is 4.79 Å². The molecule has 1 aliphatic rings. The third-order valence-electron chi connectivity index (χ3n) is 4.41. The number of rotatable bonds is 5. The molecule has 0 aromatic heterocycles. The van der Waals surface area contributed by atoms with Crippen molar-refractivity contribution >= 4 is 11.6 Å². The summed E-state index contributed by atoms with van der Waals surface area (Å²) in [7, 11) is 0. The topological polar surface area (TPSA) is 75.6 Å². The fourth-order valence-corrected chi connectivity index (χ4v) is 2.75. The third-order valence-corrected chi connectivity index (χ3v) is 4.41. The molecular formula is C16H26N4O. The van der Waals surface area contributed by atoms with Gasteiger partial charge in [-0.1, -0.05) is 12.1 Å². The normalized spacial score (nSPS) is 17.8. The Hall–Kier alpha value is -1.59. The summed E-state index contributed by atoms with van der Waals surface area (Å²) < 4.78 is 0. The van der Waals surface area contributed by atoms with Crippen LogP contribution in [-0.4, -0.2) is 49.6 Å². The van der Waals surface area contributed by atoms with Gasteiger partial charge in [0.05, 0.1) is 6.04 Å². The standard InChI is InChI=1S/C16H26N4O/c1-12-4-3-5-15(13(12)2)20-10-8-19(9-11-20)7-6-14(17)16(18)21/h3-5,14H,6-11,17H2,1-2H3,(H2,18,21). The first-order chi connectivity index (χ1) is 9.99. The second kappa shape index (κ2) is 6.91. The molecule has 1 fully saturated rings. The Bertz CT molecular complexity index is 495. The number of carbonyl (C=O) groups excluding carboxylic acids is 1. The second-order valence-corrected chi connectivity index (χ2v) is 5.85. The van der Waals surface area contributed by atoms with Crippen molar-refractivity contribution in [1.82, 2.24) is 4.90 Å². The van der Waals surface area contributed by atoms with Crippen LogP contribution in [0, 0.1) is 13.8 Å². The Morgan fingerprint density at radius 1 is 1.24 bits per heavy atom. The van der Waals surface area contributed by atoms with Crippen LogP contribution in [0.5, 0.6) is 0 Å². The molecule has 0 bridgehead atoms. The van der Waals surface area contributed by atoms with Crippen LogP contribution >= 0.6 is 0 Å². The van der Waals surface area contributed by atoms with E-state index in [0.29, 0.717) is 6.42 Å². The number of hydrogen-bond donors (Lipinski definition) is 2. The zero-order chi connectivity index (χ0) is 15.4. The lowest BCUT2D eigenvalue weighted by Crippen LogP contribution is -2.48. The van der Waals surface area contributed by atoms with Crippen molar-refractivity contribution in [3.63, 3.8) is 0 Å². The molecule has 5 heteroatoms.